The lowest BCUT2D eigenvalue weighted by atomic mass is 10.1. The highest BCUT2D eigenvalue weighted by Crippen LogP contribution is 2.20. The zero-order valence-corrected chi connectivity index (χ0v) is 15.3. The standard InChI is InChI=1S/C21H21N5O/c1-15(20-13-24-26(16(20)2)19-6-4-3-5-7-19)25-21(27)14-23-18-10-8-17(12-22)9-11-18/h3-11,13,15,23H,14H2,1-2H3,(H,25,27). The smallest absolute Gasteiger partial charge is 0.239 e. The molecule has 6 heteroatoms. The fourth-order valence-corrected chi connectivity index (χ4v) is 2.89. The molecule has 1 heterocycles. The summed E-state index contributed by atoms with van der Waals surface area (Å²) in [6, 6.07) is 18.8. The summed E-state index contributed by atoms with van der Waals surface area (Å²) in [4.78, 5) is 12.3. The molecule has 0 saturated heterocycles. The van der Waals surface area contributed by atoms with Gasteiger partial charge in [-0.15, -0.1) is 0 Å². The molecule has 0 radical (unpaired) electrons. The van der Waals surface area contributed by atoms with E-state index in [0.717, 1.165) is 22.6 Å². The van der Waals surface area contributed by atoms with Gasteiger partial charge >= 0.3 is 0 Å². The number of nitrogens with zero attached hydrogens (tertiary/aromatic N) is 3. The van der Waals surface area contributed by atoms with Crippen LogP contribution in [0.25, 0.3) is 5.69 Å². The van der Waals surface area contributed by atoms with E-state index in [2.05, 4.69) is 21.8 Å². The highest BCUT2D eigenvalue weighted by molar-refractivity contribution is 5.81. The summed E-state index contributed by atoms with van der Waals surface area (Å²) in [6.45, 7) is 4.09. The first-order valence-electron chi connectivity index (χ1n) is 8.72. The van der Waals surface area contributed by atoms with Crippen LogP contribution in [0.3, 0.4) is 0 Å². The minimum atomic E-state index is -0.155. The number of nitriles is 1. The van der Waals surface area contributed by atoms with Crippen LogP contribution in [0.1, 0.15) is 29.8 Å². The van der Waals surface area contributed by atoms with Crippen LogP contribution in [0.5, 0.6) is 0 Å². The Bertz CT molecular complexity index is 954. The lowest BCUT2D eigenvalue weighted by Gasteiger charge is -2.15. The second-order valence-corrected chi connectivity index (χ2v) is 6.26. The van der Waals surface area contributed by atoms with Crippen LogP contribution in [0.15, 0.2) is 60.8 Å². The summed E-state index contributed by atoms with van der Waals surface area (Å²) in [5, 5.41) is 19.3. The average Bonchev–Trinajstić information content (AvgIpc) is 3.09. The zero-order chi connectivity index (χ0) is 19.2. The Morgan fingerprint density at radius 2 is 1.89 bits per heavy atom. The largest absolute Gasteiger partial charge is 0.376 e. The maximum atomic E-state index is 12.3. The van der Waals surface area contributed by atoms with E-state index in [4.69, 9.17) is 5.26 Å². The molecular formula is C21H21N5O. The number of benzene rings is 2. The van der Waals surface area contributed by atoms with Gasteiger partial charge in [-0.2, -0.15) is 10.4 Å². The summed E-state index contributed by atoms with van der Waals surface area (Å²) < 4.78 is 1.87. The topological polar surface area (TPSA) is 82.7 Å². The molecule has 1 unspecified atom stereocenters. The van der Waals surface area contributed by atoms with Gasteiger partial charge in [0.15, 0.2) is 0 Å². The monoisotopic (exact) mass is 359 g/mol. The van der Waals surface area contributed by atoms with Gasteiger partial charge in [-0.1, -0.05) is 18.2 Å². The van der Waals surface area contributed by atoms with Crippen molar-refractivity contribution >= 4 is 11.6 Å². The van der Waals surface area contributed by atoms with Crippen LogP contribution in [0.4, 0.5) is 5.69 Å². The van der Waals surface area contributed by atoms with Crippen LogP contribution in [-0.4, -0.2) is 22.2 Å². The number of aromatic nitrogens is 2. The predicted octanol–water partition coefficient (Wildman–Crippen LogP) is 3.34. The van der Waals surface area contributed by atoms with E-state index in [0.29, 0.717) is 5.56 Å². The SMILES string of the molecule is Cc1c(C(C)NC(=O)CNc2ccc(C#N)cc2)cnn1-c1ccccc1. The van der Waals surface area contributed by atoms with Crippen molar-refractivity contribution < 1.29 is 4.79 Å². The molecule has 0 fully saturated rings. The quantitative estimate of drug-likeness (QED) is 0.707. The number of nitrogens with one attached hydrogen (secondary N) is 2. The van der Waals surface area contributed by atoms with Crippen molar-refractivity contribution in [1.82, 2.24) is 15.1 Å². The summed E-state index contributed by atoms with van der Waals surface area (Å²) >= 11 is 0. The summed E-state index contributed by atoms with van der Waals surface area (Å²) in [5.41, 5.74) is 4.34. The molecule has 0 aliphatic carbocycles. The van der Waals surface area contributed by atoms with E-state index >= 15 is 0 Å². The van der Waals surface area contributed by atoms with Gasteiger partial charge < -0.3 is 10.6 Å². The van der Waals surface area contributed by atoms with E-state index < -0.39 is 0 Å². The highest BCUT2D eigenvalue weighted by Gasteiger charge is 2.16. The number of hydrogen-bond donors (Lipinski definition) is 2. The molecule has 1 aromatic heterocycles. The van der Waals surface area contributed by atoms with E-state index in [1.807, 2.05) is 48.9 Å². The third-order valence-corrected chi connectivity index (χ3v) is 4.36. The van der Waals surface area contributed by atoms with Crippen molar-refractivity contribution in [3.63, 3.8) is 0 Å². The third kappa shape index (κ3) is 4.33. The molecule has 0 saturated carbocycles. The molecule has 0 aliphatic rings. The molecule has 136 valence electrons. The lowest BCUT2D eigenvalue weighted by molar-refractivity contribution is -0.120. The van der Waals surface area contributed by atoms with Crippen LogP contribution >= 0.6 is 0 Å². The van der Waals surface area contributed by atoms with Gasteiger partial charge in [0.05, 0.1) is 36.1 Å². The maximum Gasteiger partial charge on any atom is 0.239 e. The normalized spacial score (nSPS) is 11.4. The number of carbonyl (C=O) groups excluding carboxylic acids is 1. The minimum absolute atomic E-state index is 0.112. The maximum absolute atomic E-state index is 12.3. The van der Waals surface area contributed by atoms with Crippen LogP contribution in [0.2, 0.25) is 0 Å². The first-order valence-corrected chi connectivity index (χ1v) is 8.72. The molecular weight excluding hydrogens is 338 g/mol. The minimum Gasteiger partial charge on any atom is -0.376 e. The Kier molecular flexibility index (Phi) is 5.53. The number of amides is 1. The van der Waals surface area contributed by atoms with Crippen molar-refractivity contribution in [2.45, 2.75) is 19.9 Å². The fraction of sp³-hybridized carbons (Fsp3) is 0.190. The van der Waals surface area contributed by atoms with E-state index in [-0.39, 0.29) is 18.5 Å². The summed E-state index contributed by atoms with van der Waals surface area (Å²) in [7, 11) is 0. The first-order chi connectivity index (χ1) is 13.1. The number of rotatable bonds is 6. The summed E-state index contributed by atoms with van der Waals surface area (Å²) in [5.74, 6) is -0.112. The zero-order valence-electron chi connectivity index (χ0n) is 15.3. The molecule has 3 rings (SSSR count). The Morgan fingerprint density at radius 3 is 2.56 bits per heavy atom. The Morgan fingerprint density at radius 1 is 1.19 bits per heavy atom. The lowest BCUT2D eigenvalue weighted by Crippen LogP contribution is -2.32. The van der Waals surface area contributed by atoms with Crippen molar-refractivity contribution in [1.29, 1.82) is 5.26 Å². The fourth-order valence-electron chi connectivity index (χ4n) is 2.89. The van der Waals surface area contributed by atoms with Crippen LogP contribution in [-0.2, 0) is 4.79 Å². The molecule has 2 N–H and O–H groups in total. The van der Waals surface area contributed by atoms with Gasteiger partial charge in [-0.3, -0.25) is 4.79 Å². The van der Waals surface area contributed by atoms with Crippen LogP contribution in [0, 0.1) is 18.3 Å². The Balaban J connectivity index is 1.60. The molecule has 1 amide bonds. The number of hydrogen-bond acceptors (Lipinski definition) is 4. The molecule has 0 aliphatic heterocycles. The first kappa shape index (κ1) is 18.2. The molecule has 3 aromatic rings. The van der Waals surface area contributed by atoms with Gasteiger partial charge in [0.2, 0.25) is 5.91 Å². The Hall–Kier alpha value is -3.59. The highest BCUT2D eigenvalue weighted by atomic mass is 16.1. The van der Waals surface area contributed by atoms with E-state index in [9.17, 15) is 4.79 Å². The number of carbonyl (C=O) groups is 1. The molecule has 1 atom stereocenters. The number of para-hydroxylation sites is 1. The van der Waals surface area contributed by atoms with E-state index in [1.165, 1.54) is 0 Å². The summed E-state index contributed by atoms with van der Waals surface area (Å²) in [6.07, 6.45) is 1.79. The molecule has 27 heavy (non-hydrogen) atoms. The van der Waals surface area contributed by atoms with Crippen molar-refractivity contribution in [2.24, 2.45) is 0 Å². The second-order valence-electron chi connectivity index (χ2n) is 6.26. The van der Waals surface area contributed by atoms with Crippen LogP contribution < -0.4 is 10.6 Å². The average molecular weight is 359 g/mol. The second kappa shape index (κ2) is 8.19. The third-order valence-electron chi connectivity index (χ3n) is 4.36. The number of anilines is 1. The van der Waals surface area contributed by atoms with Gasteiger partial charge in [0.1, 0.15) is 0 Å². The van der Waals surface area contributed by atoms with Gasteiger partial charge in [0, 0.05) is 16.9 Å². The van der Waals surface area contributed by atoms with Gasteiger partial charge in [0.25, 0.3) is 0 Å². The van der Waals surface area contributed by atoms with E-state index in [1.54, 1.807) is 30.5 Å². The molecule has 2 aromatic carbocycles. The van der Waals surface area contributed by atoms with Crippen molar-refractivity contribution in [2.75, 3.05) is 11.9 Å². The Labute approximate surface area is 158 Å². The van der Waals surface area contributed by atoms with Gasteiger partial charge in [-0.05, 0) is 50.2 Å². The predicted molar refractivity (Wildman–Crippen MR) is 105 cm³/mol. The molecule has 0 bridgehead atoms. The molecule has 6 nitrogen and oxygen atoms in total. The van der Waals surface area contributed by atoms with Gasteiger partial charge in [-0.25, -0.2) is 4.68 Å². The van der Waals surface area contributed by atoms with Crippen molar-refractivity contribution in [3.8, 4) is 11.8 Å². The molecule has 0 spiro atoms. The van der Waals surface area contributed by atoms with Crippen molar-refractivity contribution in [3.05, 3.63) is 77.6 Å².